The molecule has 2 fully saturated rings. The van der Waals surface area contributed by atoms with Gasteiger partial charge in [-0.05, 0) is 39.5 Å². The molecule has 2 unspecified atom stereocenters. The van der Waals surface area contributed by atoms with Crippen molar-refractivity contribution in [1.82, 2.24) is 10.6 Å². The van der Waals surface area contributed by atoms with Crippen molar-refractivity contribution in [2.24, 2.45) is 0 Å². The molecular weight excluding hydrogens is 320 g/mol. The van der Waals surface area contributed by atoms with Crippen molar-refractivity contribution in [2.45, 2.75) is 108 Å². The maximum absolute atomic E-state index is 12.1. The number of rotatable bonds is 6. The molecule has 2 amide bonds. The van der Waals surface area contributed by atoms with Crippen molar-refractivity contribution < 1.29 is 19.8 Å². The van der Waals surface area contributed by atoms with Gasteiger partial charge in [-0.3, -0.25) is 9.59 Å². The molecule has 0 aliphatic heterocycles. The highest BCUT2D eigenvalue weighted by Crippen LogP contribution is 2.31. The number of amides is 2. The normalized spacial score (nSPS) is 24.8. The van der Waals surface area contributed by atoms with E-state index >= 15 is 0 Å². The fourth-order valence-corrected chi connectivity index (χ4v) is 4.19. The second kappa shape index (κ2) is 8.49. The molecule has 0 aromatic rings. The minimum absolute atomic E-state index is 0.277. The number of carbonyl (C=O) groups excluding carboxylic acids is 2. The Morgan fingerprint density at radius 2 is 1.08 bits per heavy atom. The average Bonchev–Trinajstić information content (AvgIpc) is 2.55. The number of carbonyl (C=O) groups is 2. The van der Waals surface area contributed by atoms with E-state index in [-0.39, 0.29) is 30.3 Å². The highest BCUT2D eigenvalue weighted by atomic mass is 16.3. The molecule has 25 heavy (non-hydrogen) atoms. The van der Waals surface area contributed by atoms with Crippen molar-refractivity contribution in [3.63, 3.8) is 0 Å². The highest BCUT2D eigenvalue weighted by Gasteiger charge is 2.37. The van der Waals surface area contributed by atoms with Gasteiger partial charge in [0.1, 0.15) is 6.42 Å². The van der Waals surface area contributed by atoms with Crippen LogP contribution in [-0.4, -0.2) is 45.3 Å². The summed E-state index contributed by atoms with van der Waals surface area (Å²) in [5, 5.41) is 26.8. The quantitative estimate of drug-likeness (QED) is 0.546. The van der Waals surface area contributed by atoms with Crippen LogP contribution in [0.2, 0.25) is 0 Å². The van der Waals surface area contributed by atoms with Gasteiger partial charge >= 0.3 is 0 Å². The zero-order valence-corrected chi connectivity index (χ0v) is 15.6. The van der Waals surface area contributed by atoms with Crippen LogP contribution in [-0.2, 0) is 9.59 Å². The monoisotopic (exact) mass is 354 g/mol. The molecule has 2 aliphatic rings. The molecule has 6 nitrogen and oxygen atoms in total. The Bertz CT molecular complexity index is 426. The van der Waals surface area contributed by atoms with Crippen LogP contribution in [0.5, 0.6) is 0 Å². The molecule has 0 saturated heterocycles. The fraction of sp³-hybridized carbons (Fsp3) is 0.895. The predicted octanol–water partition coefficient (Wildman–Crippen LogP) is 1.78. The minimum atomic E-state index is -0.866. The summed E-state index contributed by atoms with van der Waals surface area (Å²) in [6, 6.07) is -0.735. The number of aliphatic hydroxyl groups is 2. The van der Waals surface area contributed by atoms with E-state index in [9.17, 15) is 19.8 Å². The van der Waals surface area contributed by atoms with Crippen LogP contribution in [0.15, 0.2) is 0 Å². The van der Waals surface area contributed by atoms with Gasteiger partial charge in [0.15, 0.2) is 0 Å². The summed E-state index contributed by atoms with van der Waals surface area (Å²) in [4.78, 5) is 24.3. The molecular formula is C19H34N2O4. The highest BCUT2D eigenvalue weighted by molar-refractivity contribution is 5.97. The van der Waals surface area contributed by atoms with E-state index < -0.39 is 11.2 Å². The number of hydrogen-bond donors (Lipinski definition) is 4. The van der Waals surface area contributed by atoms with E-state index in [1.807, 2.05) is 0 Å². The maximum atomic E-state index is 12.1. The van der Waals surface area contributed by atoms with Crippen LogP contribution >= 0.6 is 0 Å². The molecule has 0 aromatic carbocycles. The second-order valence-electron chi connectivity index (χ2n) is 8.08. The van der Waals surface area contributed by atoms with Crippen LogP contribution in [0.3, 0.4) is 0 Å². The fourth-order valence-electron chi connectivity index (χ4n) is 4.19. The summed E-state index contributed by atoms with van der Waals surface area (Å²) in [5.41, 5.74) is -1.73. The van der Waals surface area contributed by atoms with E-state index in [1.54, 1.807) is 13.8 Å². The van der Waals surface area contributed by atoms with Crippen molar-refractivity contribution >= 4 is 11.8 Å². The van der Waals surface area contributed by atoms with Gasteiger partial charge in [-0.1, -0.05) is 38.5 Å². The van der Waals surface area contributed by atoms with Gasteiger partial charge in [0, 0.05) is 0 Å². The van der Waals surface area contributed by atoms with Crippen molar-refractivity contribution in [1.29, 1.82) is 0 Å². The first-order chi connectivity index (χ1) is 11.8. The molecule has 2 saturated carbocycles. The number of nitrogens with one attached hydrogen (secondary N) is 2. The lowest BCUT2D eigenvalue weighted by atomic mass is 9.80. The Morgan fingerprint density at radius 1 is 0.760 bits per heavy atom. The van der Waals surface area contributed by atoms with E-state index in [0.717, 1.165) is 38.5 Å². The molecule has 2 aliphatic carbocycles. The topological polar surface area (TPSA) is 98.7 Å². The first-order valence-electron chi connectivity index (χ1n) is 9.79. The average molecular weight is 354 g/mol. The first kappa shape index (κ1) is 20.2. The third-order valence-corrected chi connectivity index (χ3v) is 6.13. The van der Waals surface area contributed by atoms with Crippen LogP contribution in [0.1, 0.15) is 84.5 Å². The predicted molar refractivity (Wildman–Crippen MR) is 95.9 cm³/mol. The minimum Gasteiger partial charge on any atom is -0.388 e. The Hall–Kier alpha value is -1.14. The van der Waals surface area contributed by atoms with E-state index in [0.29, 0.717) is 25.7 Å². The Labute approximate surface area is 150 Å². The Morgan fingerprint density at radius 3 is 1.40 bits per heavy atom. The van der Waals surface area contributed by atoms with Crippen molar-refractivity contribution in [3.8, 4) is 0 Å². The molecule has 6 heteroatoms. The van der Waals surface area contributed by atoms with Crippen LogP contribution in [0.4, 0.5) is 0 Å². The Kier molecular flexibility index (Phi) is 6.86. The summed E-state index contributed by atoms with van der Waals surface area (Å²) in [6.45, 7) is 3.60. The van der Waals surface area contributed by atoms with Crippen molar-refractivity contribution in [2.75, 3.05) is 0 Å². The summed E-state index contributed by atoms with van der Waals surface area (Å²) in [6.07, 6.45) is 8.56. The number of hydrogen-bond acceptors (Lipinski definition) is 4. The van der Waals surface area contributed by atoms with Gasteiger partial charge in [0.25, 0.3) is 0 Å². The van der Waals surface area contributed by atoms with Crippen LogP contribution in [0.25, 0.3) is 0 Å². The summed E-state index contributed by atoms with van der Waals surface area (Å²) in [5.74, 6) is -0.765. The first-order valence-corrected chi connectivity index (χ1v) is 9.79. The summed E-state index contributed by atoms with van der Waals surface area (Å²) in [7, 11) is 0. The van der Waals surface area contributed by atoms with E-state index in [1.165, 1.54) is 0 Å². The molecule has 0 bridgehead atoms. The summed E-state index contributed by atoms with van der Waals surface area (Å²) >= 11 is 0. The molecule has 2 rings (SSSR count). The van der Waals surface area contributed by atoms with Crippen molar-refractivity contribution in [3.05, 3.63) is 0 Å². The van der Waals surface area contributed by atoms with Gasteiger partial charge in [0.05, 0.1) is 23.3 Å². The lowest BCUT2D eigenvalue weighted by Gasteiger charge is -2.38. The molecule has 0 spiro atoms. The third kappa shape index (κ3) is 5.42. The van der Waals surface area contributed by atoms with Gasteiger partial charge in [-0.2, -0.15) is 0 Å². The molecule has 2 atom stereocenters. The summed E-state index contributed by atoms with van der Waals surface area (Å²) < 4.78 is 0. The lowest BCUT2D eigenvalue weighted by molar-refractivity contribution is -0.133. The molecule has 4 N–H and O–H groups in total. The smallest absolute Gasteiger partial charge is 0.229 e. The lowest BCUT2D eigenvalue weighted by Crippen LogP contribution is -2.54. The van der Waals surface area contributed by atoms with Crippen LogP contribution in [0, 0.1) is 0 Å². The van der Waals surface area contributed by atoms with Gasteiger partial charge in [0.2, 0.25) is 11.8 Å². The molecule has 0 aromatic heterocycles. The SMILES string of the molecule is CC(NC(=O)CC(=O)NC(C)C1(O)CCCCC1)C1(O)CCCCC1. The molecule has 0 radical (unpaired) electrons. The second-order valence-corrected chi connectivity index (χ2v) is 8.08. The molecule has 144 valence electrons. The third-order valence-electron chi connectivity index (χ3n) is 6.13. The zero-order chi connectivity index (χ0) is 18.5. The van der Waals surface area contributed by atoms with Gasteiger partial charge in [-0.25, -0.2) is 0 Å². The van der Waals surface area contributed by atoms with Gasteiger partial charge < -0.3 is 20.8 Å². The standard InChI is InChI=1S/C19H34N2O4/c1-14(18(24)9-5-3-6-10-18)20-16(22)13-17(23)21-15(2)19(25)11-7-4-8-12-19/h14-15,24-25H,3-13H2,1-2H3,(H,20,22)(H,21,23). The zero-order valence-electron chi connectivity index (χ0n) is 15.6. The van der Waals surface area contributed by atoms with E-state index in [2.05, 4.69) is 10.6 Å². The van der Waals surface area contributed by atoms with Crippen LogP contribution < -0.4 is 10.6 Å². The van der Waals surface area contributed by atoms with E-state index in [4.69, 9.17) is 0 Å². The maximum Gasteiger partial charge on any atom is 0.229 e. The Balaban J connectivity index is 1.78. The molecule has 0 heterocycles. The van der Waals surface area contributed by atoms with Gasteiger partial charge in [-0.15, -0.1) is 0 Å². The largest absolute Gasteiger partial charge is 0.388 e.